The molecule has 0 N–H and O–H groups in total. The lowest BCUT2D eigenvalue weighted by atomic mass is 10.2. The molecule has 3 nitrogen and oxygen atoms in total. The van der Waals surface area contributed by atoms with E-state index in [-0.39, 0.29) is 5.91 Å². The predicted molar refractivity (Wildman–Crippen MR) is 57.6 cm³/mol. The Morgan fingerprint density at radius 3 is 2.83 bits per heavy atom. The third kappa shape index (κ3) is 2.32. The van der Waals surface area contributed by atoms with Gasteiger partial charge in [0, 0.05) is 30.6 Å². The second kappa shape index (κ2) is 4.41. The smallest absolute Gasteiger partial charge is 0.236 e. The molecule has 0 aromatic heterocycles. The van der Waals surface area contributed by atoms with Crippen LogP contribution >= 0.6 is 22.6 Å². The van der Waals surface area contributed by atoms with Gasteiger partial charge in [-0.15, -0.1) is 0 Å². The van der Waals surface area contributed by atoms with E-state index in [1.807, 2.05) is 11.9 Å². The van der Waals surface area contributed by atoms with E-state index in [1.54, 1.807) is 0 Å². The van der Waals surface area contributed by atoms with E-state index < -0.39 is 0 Å². The number of hydrogen-bond donors (Lipinski definition) is 0. The maximum absolute atomic E-state index is 11.4. The van der Waals surface area contributed by atoms with Gasteiger partial charge in [0.1, 0.15) is 0 Å². The molecule has 0 aromatic rings. The lowest BCUT2D eigenvalue weighted by molar-refractivity contribution is -0.137. The summed E-state index contributed by atoms with van der Waals surface area (Å²) in [6, 6.07) is 0.370. The SMILES string of the molecule is CC1CN(CCI)CC(=O)N1C. The van der Waals surface area contributed by atoms with Crippen LogP contribution < -0.4 is 0 Å². The first kappa shape index (κ1) is 10.2. The van der Waals surface area contributed by atoms with Crippen LogP contribution in [0.25, 0.3) is 0 Å². The van der Waals surface area contributed by atoms with Gasteiger partial charge < -0.3 is 4.90 Å². The molecule has 0 bridgehead atoms. The van der Waals surface area contributed by atoms with Gasteiger partial charge in [-0.1, -0.05) is 22.6 Å². The zero-order valence-corrected chi connectivity index (χ0v) is 9.74. The molecule has 4 heteroatoms. The minimum absolute atomic E-state index is 0.249. The van der Waals surface area contributed by atoms with Crippen LogP contribution in [0, 0.1) is 0 Å². The van der Waals surface area contributed by atoms with Gasteiger partial charge in [-0.3, -0.25) is 9.69 Å². The molecule has 12 heavy (non-hydrogen) atoms. The average Bonchev–Trinajstić information content (AvgIpc) is 2.01. The number of likely N-dealkylation sites (N-methyl/N-ethyl adjacent to an activating group) is 1. The molecule has 1 atom stereocenters. The standard InChI is InChI=1S/C8H15IN2O/c1-7-5-11(4-3-9)6-8(12)10(7)2/h7H,3-6H2,1-2H3. The molecule has 0 radical (unpaired) electrons. The van der Waals surface area contributed by atoms with Crippen molar-refractivity contribution in [2.45, 2.75) is 13.0 Å². The van der Waals surface area contributed by atoms with Crippen molar-refractivity contribution in [2.75, 3.05) is 31.1 Å². The Morgan fingerprint density at radius 2 is 2.33 bits per heavy atom. The molecule has 1 unspecified atom stereocenters. The number of nitrogens with zero attached hydrogens (tertiary/aromatic N) is 2. The fraction of sp³-hybridized carbons (Fsp3) is 0.875. The fourth-order valence-electron chi connectivity index (χ4n) is 1.40. The lowest BCUT2D eigenvalue weighted by Gasteiger charge is -2.36. The molecule has 70 valence electrons. The van der Waals surface area contributed by atoms with Crippen molar-refractivity contribution in [2.24, 2.45) is 0 Å². The third-order valence-corrected chi connectivity index (χ3v) is 2.82. The summed E-state index contributed by atoms with van der Waals surface area (Å²) in [6.07, 6.45) is 0. The van der Waals surface area contributed by atoms with Gasteiger partial charge in [0.05, 0.1) is 6.54 Å². The highest BCUT2D eigenvalue weighted by Crippen LogP contribution is 2.07. The minimum atomic E-state index is 0.249. The van der Waals surface area contributed by atoms with Crippen molar-refractivity contribution in [3.63, 3.8) is 0 Å². The van der Waals surface area contributed by atoms with E-state index in [0.29, 0.717) is 12.6 Å². The van der Waals surface area contributed by atoms with Crippen LogP contribution in [0.5, 0.6) is 0 Å². The van der Waals surface area contributed by atoms with E-state index in [0.717, 1.165) is 17.5 Å². The Labute approximate surface area is 87.2 Å². The van der Waals surface area contributed by atoms with Crippen molar-refractivity contribution >= 4 is 28.5 Å². The molecule has 0 spiro atoms. The van der Waals surface area contributed by atoms with Crippen LogP contribution in [0.3, 0.4) is 0 Å². The minimum Gasteiger partial charge on any atom is -0.341 e. The van der Waals surface area contributed by atoms with Gasteiger partial charge in [-0.05, 0) is 6.92 Å². The van der Waals surface area contributed by atoms with Crippen LogP contribution in [0.4, 0.5) is 0 Å². The molecule has 0 aliphatic carbocycles. The number of alkyl halides is 1. The third-order valence-electron chi connectivity index (χ3n) is 2.34. The zero-order valence-electron chi connectivity index (χ0n) is 7.59. The Morgan fingerprint density at radius 1 is 1.67 bits per heavy atom. The average molecular weight is 282 g/mol. The maximum Gasteiger partial charge on any atom is 0.236 e. The van der Waals surface area contributed by atoms with E-state index >= 15 is 0 Å². The molecule has 1 aliphatic heterocycles. The number of hydrogen-bond acceptors (Lipinski definition) is 2. The number of rotatable bonds is 2. The van der Waals surface area contributed by atoms with Gasteiger partial charge >= 0.3 is 0 Å². The van der Waals surface area contributed by atoms with Crippen LogP contribution in [0.15, 0.2) is 0 Å². The maximum atomic E-state index is 11.4. The molecule has 1 amide bonds. The molecular weight excluding hydrogens is 267 g/mol. The molecule has 1 heterocycles. The van der Waals surface area contributed by atoms with Gasteiger partial charge in [0.2, 0.25) is 5.91 Å². The highest BCUT2D eigenvalue weighted by Gasteiger charge is 2.25. The van der Waals surface area contributed by atoms with Gasteiger partial charge in [-0.25, -0.2) is 0 Å². The van der Waals surface area contributed by atoms with Crippen LogP contribution in [-0.4, -0.2) is 52.9 Å². The van der Waals surface area contributed by atoms with E-state index in [4.69, 9.17) is 0 Å². The summed E-state index contributed by atoms with van der Waals surface area (Å²) < 4.78 is 1.10. The second-order valence-electron chi connectivity index (χ2n) is 3.28. The quantitative estimate of drug-likeness (QED) is 0.546. The summed E-state index contributed by atoms with van der Waals surface area (Å²) in [6.45, 7) is 4.75. The first-order valence-corrected chi connectivity index (χ1v) is 5.71. The number of carbonyl (C=O) groups is 1. The number of piperazine rings is 1. The number of amides is 1. The monoisotopic (exact) mass is 282 g/mol. The fourth-order valence-corrected chi connectivity index (χ4v) is 2.08. The molecule has 0 aromatic carbocycles. The van der Waals surface area contributed by atoms with Crippen LogP contribution in [0.2, 0.25) is 0 Å². The Kier molecular flexibility index (Phi) is 3.77. The molecule has 1 saturated heterocycles. The van der Waals surface area contributed by atoms with Crippen molar-refractivity contribution in [3.05, 3.63) is 0 Å². The van der Waals surface area contributed by atoms with Crippen molar-refractivity contribution in [3.8, 4) is 0 Å². The number of halogens is 1. The van der Waals surface area contributed by atoms with Gasteiger partial charge in [0.25, 0.3) is 0 Å². The Bertz CT molecular complexity index is 174. The molecule has 1 aliphatic rings. The van der Waals surface area contributed by atoms with Gasteiger partial charge in [0.15, 0.2) is 0 Å². The summed E-state index contributed by atoms with van der Waals surface area (Å²) in [4.78, 5) is 15.4. The Hall–Kier alpha value is 0.160. The second-order valence-corrected chi connectivity index (χ2v) is 4.36. The highest BCUT2D eigenvalue weighted by atomic mass is 127. The first-order valence-electron chi connectivity index (χ1n) is 4.19. The van der Waals surface area contributed by atoms with Crippen molar-refractivity contribution in [1.82, 2.24) is 9.80 Å². The molecule has 1 rings (SSSR count). The van der Waals surface area contributed by atoms with E-state index in [2.05, 4.69) is 34.4 Å². The van der Waals surface area contributed by atoms with Crippen LogP contribution in [0.1, 0.15) is 6.92 Å². The largest absolute Gasteiger partial charge is 0.341 e. The summed E-state index contributed by atoms with van der Waals surface area (Å²) in [7, 11) is 1.88. The first-order chi connectivity index (χ1) is 5.65. The van der Waals surface area contributed by atoms with E-state index in [1.165, 1.54) is 0 Å². The van der Waals surface area contributed by atoms with Crippen molar-refractivity contribution in [1.29, 1.82) is 0 Å². The topological polar surface area (TPSA) is 23.6 Å². The zero-order chi connectivity index (χ0) is 9.14. The normalized spacial score (nSPS) is 26.4. The summed E-state index contributed by atoms with van der Waals surface area (Å²) in [5.41, 5.74) is 0. The summed E-state index contributed by atoms with van der Waals surface area (Å²) in [5, 5.41) is 0. The van der Waals surface area contributed by atoms with E-state index in [9.17, 15) is 4.79 Å². The van der Waals surface area contributed by atoms with Crippen LogP contribution in [-0.2, 0) is 4.79 Å². The summed E-state index contributed by atoms with van der Waals surface area (Å²) >= 11 is 2.34. The molecule has 1 fully saturated rings. The molecular formula is C8H15IN2O. The molecule has 0 saturated carbocycles. The lowest BCUT2D eigenvalue weighted by Crippen LogP contribution is -2.53. The summed E-state index contributed by atoms with van der Waals surface area (Å²) in [5.74, 6) is 0.249. The predicted octanol–water partition coefficient (Wildman–Crippen LogP) is 0.584. The van der Waals surface area contributed by atoms with Crippen molar-refractivity contribution < 1.29 is 4.79 Å². The highest BCUT2D eigenvalue weighted by molar-refractivity contribution is 14.1. The number of carbonyl (C=O) groups excluding carboxylic acids is 1. The van der Waals surface area contributed by atoms with Gasteiger partial charge in [-0.2, -0.15) is 0 Å². The Balaban J connectivity index is 2.48.